The quantitative estimate of drug-likeness (QED) is 0.419. The Morgan fingerprint density at radius 1 is 0.762 bits per heavy atom. The third kappa shape index (κ3) is 2.39. The molecule has 0 atom stereocenters. The minimum atomic E-state index is -0.642. The molecule has 98 valence electrons. The molecule has 3 rings (SSSR count). The number of rotatable bonds is 0. The van der Waals surface area contributed by atoms with E-state index in [1.807, 2.05) is 6.07 Å². The fraction of sp³-hybridized carbons (Fsp3) is 0. The van der Waals surface area contributed by atoms with Crippen LogP contribution in [0, 0.1) is 23.2 Å². The Labute approximate surface area is 120 Å². The highest BCUT2D eigenvalue weighted by Crippen LogP contribution is 2.20. The summed E-state index contributed by atoms with van der Waals surface area (Å²) >= 11 is 0. The second kappa shape index (κ2) is 4.96. The highest BCUT2D eigenvalue weighted by atomic mass is 16.6. The molecule has 0 spiro atoms. The maximum Gasteiger partial charge on any atom is 0.346 e. The van der Waals surface area contributed by atoms with Gasteiger partial charge in [0.15, 0.2) is 0 Å². The molecule has 4 heteroatoms. The van der Waals surface area contributed by atoms with Crippen molar-refractivity contribution in [1.29, 1.82) is 5.26 Å². The van der Waals surface area contributed by atoms with Crippen LogP contribution in [0.15, 0.2) is 42.5 Å². The number of hydrogen-bond acceptors (Lipinski definition) is 4. The molecule has 2 aromatic rings. The molecule has 2 aromatic carbocycles. The van der Waals surface area contributed by atoms with E-state index in [2.05, 4.69) is 16.6 Å². The van der Waals surface area contributed by atoms with Gasteiger partial charge in [0.1, 0.15) is 0 Å². The first-order chi connectivity index (χ1) is 10.2. The molecule has 1 aliphatic heterocycles. The zero-order chi connectivity index (χ0) is 14.8. The first-order valence-corrected chi connectivity index (χ1v) is 6.10. The fourth-order valence-electron chi connectivity index (χ4n) is 1.94. The van der Waals surface area contributed by atoms with E-state index in [1.165, 1.54) is 6.07 Å². The Morgan fingerprint density at radius 3 is 2.05 bits per heavy atom. The first kappa shape index (κ1) is 12.7. The van der Waals surface area contributed by atoms with Crippen molar-refractivity contribution < 1.29 is 14.3 Å². The number of hydrogen-bond donors (Lipinski definition) is 0. The van der Waals surface area contributed by atoms with Crippen molar-refractivity contribution >= 4 is 11.9 Å². The predicted octanol–water partition coefficient (Wildman–Crippen LogP) is 2.27. The number of nitriles is 1. The van der Waals surface area contributed by atoms with Gasteiger partial charge in [-0.05, 0) is 42.5 Å². The molecule has 0 radical (unpaired) electrons. The molecule has 0 amide bonds. The molecule has 0 fully saturated rings. The first-order valence-electron chi connectivity index (χ1n) is 6.10. The second-order valence-electron chi connectivity index (χ2n) is 4.38. The number of benzene rings is 2. The Kier molecular flexibility index (Phi) is 2.99. The van der Waals surface area contributed by atoms with Crippen molar-refractivity contribution in [3.8, 4) is 17.9 Å². The topological polar surface area (TPSA) is 67.2 Å². The van der Waals surface area contributed by atoms with Crippen LogP contribution in [-0.4, -0.2) is 11.9 Å². The molecule has 0 aromatic heterocycles. The minimum absolute atomic E-state index is 0.242. The standard InChI is InChI=1S/C17H7NO3/c18-10-13-5-2-11(3-6-13)1-4-12-7-8-14-15(9-12)17(20)21-16(14)19/h2-3,5-9H. The van der Waals surface area contributed by atoms with Gasteiger partial charge in [-0.1, -0.05) is 11.8 Å². The van der Waals surface area contributed by atoms with Gasteiger partial charge in [0.25, 0.3) is 0 Å². The maximum absolute atomic E-state index is 11.5. The lowest BCUT2D eigenvalue weighted by Crippen LogP contribution is -1.96. The third-order valence-corrected chi connectivity index (χ3v) is 3.01. The van der Waals surface area contributed by atoms with Crippen LogP contribution in [0.3, 0.4) is 0 Å². The monoisotopic (exact) mass is 273 g/mol. The Bertz CT molecular complexity index is 862. The average molecular weight is 273 g/mol. The molecule has 0 aliphatic carbocycles. The summed E-state index contributed by atoms with van der Waals surface area (Å²) in [5.41, 5.74) is 2.45. The number of carbonyl (C=O) groups is 2. The van der Waals surface area contributed by atoms with E-state index >= 15 is 0 Å². The number of ether oxygens (including phenoxy) is 1. The summed E-state index contributed by atoms with van der Waals surface area (Å²) < 4.78 is 4.52. The third-order valence-electron chi connectivity index (χ3n) is 3.01. The van der Waals surface area contributed by atoms with Crippen LogP contribution in [0.5, 0.6) is 0 Å². The van der Waals surface area contributed by atoms with Crippen LogP contribution >= 0.6 is 0 Å². The maximum atomic E-state index is 11.5. The summed E-state index contributed by atoms with van der Waals surface area (Å²) in [6.07, 6.45) is 0. The van der Waals surface area contributed by atoms with E-state index in [0.717, 1.165) is 5.56 Å². The lowest BCUT2D eigenvalue weighted by Gasteiger charge is -1.94. The smallest absolute Gasteiger partial charge is 0.346 e. The van der Waals surface area contributed by atoms with Crippen molar-refractivity contribution in [3.63, 3.8) is 0 Å². The van der Waals surface area contributed by atoms with E-state index in [4.69, 9.17) is 5.26 Å². The Morgan fingerprint density at radius 2 is 1.33 bits per heavy atom. The van der Waals surface area contributed by atoms with Crippen molar-refractivity contribution in [2.24, 2.45) is 0 Å². The SMILES string of the molecule is N#Cc1ccc(C#Cc2ccc3c(c2)C(=O)OC3=O)cc1. The summed E-state index contributed by atoms with van der Waals surface area (Å²) in [5, 5.41) is 8.71. The molecule has 0 saturated carbocycles. The molecule has 4 nitrogen and oxygen atoms in total. The highest BCUT2D eigenvalue weighted by Gasteiger charge is 2.29. The number of esters is 2. The number of fused-ring (bicyclic) bond motifs is 1. The van der Waals surface area contributed by atoms with E-state index < -0.39 is 11.9 Å². The van der Waals surface area contributed by atoms with Gasteiger partial charge < -0.3 is 4.74 Å². The van der Waals surface area contributed by atoms with Gasteiger partial charge >= 0.3 is 11.9 Å². The zero-order valence-electron chi connectivity index (χ0n) is 10.7. The van der Waals surface area contributed by atoms with Crippen molar-refractivity contribution in [2.45, 2.75) is 0 Å². The number of carbonyl (C=O) groups excluding carboxylic acids is 2. The van der Waals surface area contributed by atoms with E-state index in [1.54, 1.807) is 36.4 Å². The Hall–Kier alpha value is -3.37. The van der Waals surface area contributed by atoms with Gasteiger partial charge in [-0.3, -0.25) is 0 Å². The lowest BCUT2D eigenvalue weighted by atomic mass is 10.1. The molecule has 1 aliphatic rings. The number of nitrogens with zero attached hydrogens (tertiary/aromatic N) is 1. The molecule has 0 saturated heterocycles. The molecule has 1 heterocycles. The molecule has 0 N–H and O–H groups in total. The molecule has 0 unspecified atom stereocenters. The van der Waals surface area contributed by atoms with Crippen LogP contribution in [0.1, 0.15) is 37.4 Å². The summed E-state index contributed by atoms with van der Waals surface area (Å²) in [7, 11) is 0. The molecular formula is C17H7NO3. The van der Waals surface area contributed by atoms with Gasteiger partial charge in [0.2, 0.25) is 0 Å². The summed E-state index contributed by atoms with van der Waals surface area (Å²) in [6, 6.07) is 13.6. The van der Waals surface area contributed by atoms with E-state index in [-0.39, 0.29) is 11.1 Å². The number of cyclic esters (lactones) is 2. The average Bonchev–Trinajstić information content (AvgIpc) is 2.80. The molecule has 21 heavy (non-hydrogen) atoms. The highest BCUT2D eigenvalue weighted by molar-refractivity contribution is 6.14. The minimum Gasteiger partial charge on any atom is -0.386 e. The van der Waals surface area contributed by atoms with Crippen LogP contribution in [0.25, 0.3) is 0 Å². The van der Waals surface area contributed by atoms with Gasteiger partial charge in [-0.2, -0.15) is 5.26 Å². The van der Waals surface area contributed by atoms with Gasteiger partial charge in [0, 0.05) is 11.1 Å². The van der Waals surface area contributed by atoms with Gasteiger partial charge in [-0.25, -0.2) is 9.59 Å². The van der Waals surface area contributed by atoms with Gasteiger partial charge in [0.05, 0.1) is 22.8 Å². The van der Waals surface area contributed by atoms with Crippen LogP contribution < -0.4 is 0 Å². The van der Waals surface area contributed by atoms with E-state index in [9.17, 15) is 9.59 Å². The van der Waals surface area contributed by atoms with Crippen molar-refractivity contribution in [3.05, 3.63) is 70.3 Å². The Balaban J connectivity index is 1.91. The van der Waals surface area contributed by atoms with Crippen LogP contribution in [0.2, 0.25) is 0 Å². The van der Waals surface area contributed by atoms with Crippen LogP contribution in [-0.2, 0) is 4.74 Å². The molecular weight excluding hydrogens is 266 g/mol. The summed E-state index contributed by atoms with van der Waals surface area (Å²) in [4.78, 5) is 22.8. The van der Waals surface area contributed by atoms with Crippen LogP contribution in [0.4, 0.5) is 0 Å². The van der Waals surface area contributed by atoms with Gasteiger partial charge in [-0.15, -0.1) is 0 Å². The van der Waals surface area contributed by atoms with Crippen molar-refractivity contribution in [2.75, 3.05) is 0 Å². The lowest BCUT2D eigenvalue weighted by molar-refractivity contribution is 0.0444. The normalized spacial score (nSPS) is 12.0. The second-order valence-corrected chi connectivity index (χ2v) is 4.38. The molecule has 0 bridgehead atoms. The zero-order valence-corrected chi connectivity index (χ0v) is 10.7. The largest absolute Gasteiger partial charge is 0.386 e. The van der Waals surface area contributed by atoms with E-state index in [0.29, 0.717) is 11.1 Å². The summed E-state index contributed by atoms with van der Waals surface area (Å²) in [6.45, 7) is 0. The predicted molar refractivity (Wildman–Crippen MR) is 73.3 cm³/mol. The fourth-order valence-corrected chi connectivity index (χ4v) is 1.94. The van der Waals surface area contributed by atoms with Crippen molar-refractivity contribution in [1.82, 2.24) is 0 Å². The summed E-state index contributed by atoms with van der Waals surface area (Å²) in [5.74, 6) is 4.58.